The van der Waals surface area contributed by atoms with E-state index in [1.807, 2.05) is 48.5 Å². The van der Waals surface area contributed by atoms with Crippen molar-refractivity contribution < 1.29 is 9.59 Å². The average Bonchev–Trinajstić information content (AvgIpc) is 3.16. The van der Waals surface area contributed by atoms with Crippen LogP contribution in [-0.2, 0) is 22.6 Å². The third-order valence-corrected chi connectivity index (χ3v) is 6.46. The summed E-state index contributed by atoms with van der Waals surface area (Å²) in [6.45, 7) is 3.62. The predicted octanol–water partition coefficient (Wildman–Crippen LogP) is 3.42. The Morgan fingerprint density at radius 1 is 1.04 bits per heavy atom. The first-order valence-electron chi connectivity index (χ1n) is 10.3. The van der Waals surface area contributed by atoms with Gasteiger partial charge < -0.3 is 10.2 Å². The third-order valence-electron chi connectivity index (χ3n) is 6.46. The molecule has 1 aliphatic heterocycles. The van der Waals surface area contributed by atoms with Gasteiger partial charge in [-0.15, -0.1) is 0 Å². The van der Waals surface area contributed by atoms with E-state index in [-0.39, 0.29) is 11.8 Å². The molecule has 2 fully saturated rings. The Hall–Kier alpha value is -2.62. The Morgan fingerprint density at radius 3 is 2.36 bits per heavy atom. The fourth-order valence-corrected chi connectivity index (χ4v) is 5.00. The quantitative estimate of drug-likeness (QED) is 0.840. The number of carbonyl (C=O) groups excluding carboxylic acids is 2. The lowest BCUT2D eigenvalue weighted by Crippen LogP contribution is -2.35. The number of likely N-dealkylation sites (tertiary alicyclic amines) is 1. The standard InChI is InChI=1S/C24H28N2O2/c1-17-12-22-20(14-24(28)26(22)16-19-10-6-3-7-11-19)21(17)15-25-23(27)13-18-8-4-2-5-9-18/h2-11,17,20-22H,12-16H2,1H3,(H,25,27)/t17-,20-,21+,22+/m0/s1. The molecule has 2 amide bonds. The second-order valence-electron chi connectivity index (χ2n) is 8.29. The van der Waals surface area contributed by atoms with Gasteiger partial charge in [-0.2, -0.15) is 0 Å². The van der Waals surface area contributed by atoms with Crippen LogP contribution < -0.4 is 5.32 Å². The van der Waals surface area contributed by atoms with E-state index in [1.165, 1.54) is 5.56 Å². The number of amides is 2. The number of fused-ring (bicyclic) bond motifs is 1. The number of nitrogens with zero attached hydrogens (tertiary/aromatic N) is 1. The lowest BCUT2D eigenvalue weighted by atomic mass is 9.88. The molecule has 4 atom stereocenters. The van der Waals surface area contributed by atoms with Crippen LogP contribution in [0.5, 0.6) is 0 Å². The van der Waals surface area contributed by atoms with Gasteiger partial charge in [0, 0.05) is 25.6 Å². The van der Waals surface area contributed by atoms with Crippen LogP contribution in [0, 0.1) is 17.8 Å². The maximum atomic E-state index is 12.7. The highest BCUT2D eigenvalue weighted by Crippen LogP contribution is 2.46. The van der Waals surface area contributed by atoms with Crippen molar-refractivity contribution in [2.75, 3.05) is 6.54 Å². The van der Waals surface area contributed by atoms with Crippen molar-refractivity contribution >= 4 is 11.8 Å². The number of hydrogen-bond donors (Lipinski definition) is 1. The van der Waals surface area contributed by atoms with Crippen molar-refractivity contribution in [2.45, 2.75) is 38.8 Å². The van der Waals surface area contributed by atoms with E-state index in [2.05, 4.69) is 29.3 Å². The fourth-order valence-electron chi connectivity index (χ4n) is 5.00. The summed E-state index contributed by atoms with van der Waals surface area (Å²) >= 11 is 0. The number of rotatable bonds is 6. The van der Waals surface area contributed by atoms with Crippen LogP contribution in [0.4, 0.5) is 0 Å². The minimum absolute atomic E-state index is 0.0623. The molecule has 0 spiro atoms. The summed E-state index contributed by atoms with van der Waals surface area (Å²) in [4.78, 5) is 27.1. The average molecular weight is 377 g/mol. The maximum absolute atomic E-state index is 12.7. The molecule has 2 aromatic rings. The fraction of sp³-hybridized carbons (Fsp3) is 0.417. The second-order valence-corrected chi connectivity index (χ2v) is 8.29. The summed E-state index contributed by atoms with van der Waals surface area (Å²) in [6, 6.07) is 20.3. The maximum Gasteiger partial charge on any atom is 0.224 e. The zero-order valence-corrected chi connectivity index (χ0v) is 16.4. The smallest absolute Gasteiger partial charge is 0.224 e. The highest BCUT2D eigenvalue weighted by atomic mass is 16.2. The number of nitrogens with one attached hydrogen (secondary N) is 1. The Labute approximate surface area is 166 Å². The molecule has 0 bridgehead atoms. The minimum atomic E-state index is 0.0623. The van der Waals surface area contributed by atoms with Crippen molar-refractivity contribution in [1.82, 2.24) is 10.2 Å². The molecule has 1 heterocycles. The van der Waals surface area contributed by atoms with E-state index in [9.17, 15) is 9.59 Å². The summed E-state index contributed by atoms with van der Waals surface area (Å²) in [7, 11) is 0. The van der Waals surface area contributed by atoms with Gasteiger partial charge >= 0.3 is 0 Å². The highest BCUT2D eigenvalue weighted by Gasteiger charge is 2.50. The molecule has 28 heavy (non-hydrogen) atoms. The molecule has 2 aromatic carbocycles. The van der Waals surface area contributed by atoms with Gasteiger partial charge in [0.25, 0.3) is 0 Å². The molecule has 4 rings (SSSR count). The number of carbonyl (C=O) groups is 2. The summed E-state index contributed by atoms with van der Waals surface area (Å²) in [5.74, 6) is 1.55. The van der Waals surface area contributed by atoms with Gasteiger partial charge in [-0.05, 0) is 35.3 Å². The molecular formula is C24H28N2O2. The number of hydrogen-bond acceptors (Lipinski definition) is 2. The van der Waals surface area contributed by atoms with Crippen molar-refractivity contribution in [3.05, 3.63) is 71.8 Å². The van der Waals surface area contributed by atoms with Crippen molar-refractivity contribution in [3.63, 3.8) is 0 Å². The van der Waals surface area contributed by atoms with Crippen LogP contribution in [0.3, 0.4) is 0 Å². The monoisotopic (exact) mass is 376 g/mol. The van der Waals surface area contributed by atoms with Crippen LogP contribution >= 0.6 is 0 Å². The lowest BCUT2D eigenvalue weighted by molar-refractivity contribution is -0.129. The summed E-state index contributed by atoms with van der Waals surface area (Å²) < 4.78 is 0. The van der Waals surface area contributed by atoms with Gasteiger partial charge in [-0.3, -0.25) is 9.59 Å². The van der Waals surface area contributed by atoms with Gasteiger partial charge in [0.1, 0.15) is 0 Å². The summed E-state index contributed by atoms with van der Waals surface area (Å²) in [5, 5.41) is 3.13. The molecule has 1 aliphatic carbocycles. The summed E-state index contributed by atoms with van der Waals surface area (Å²) in [5.41, 5.74) is 2.21. The van der Waals surface area contributed by atoms with E-state index >= 15 is 0 Å². The summed E-state index contributed by atoms with van der Waals surface area (Å²) in [6.07, 6.45) is 2.05. The van der Waals surface area contributed by atoms with E-state index in [4.69, 9.17) is 0 Å². The van der Waals surface area contributed by atoms with Crippen LogP contribution in [0.25, 0.3) is 0 Å². The molecular weight excluding hydrogens is 348 g/mol. The van der Waals surface area contributed by atoms with Gasteiger partial charge in [0.2, 0.25) is 11.8 Å². The van der Waals surface area contributed by atoms with Crippen molar-refractivity contribution in [2.24, 2.45) is 17.8 Å². The molecule has 0 radical (unpaired) electrons. The van der Waals surface area contributed by atoms with Crippen LogP contribution in [0.1, 0.15) is 30.9 Å². The molecule has 146 valence electrons. The minimum Gasteiger partial charge on any atom is -0.356 e. The first-order valence-corrected chi connectivity index (χ1v) is 10.3. The zero-order valence-electron chi connectivity index (χ0n) is 16.4. The van der Waals surface area contributed by atoms with Crippen molar-refractivity contribution in [1.29, 1.82) is 0 Å². The van der Waals surface area contributed by atoms with Crippen LogP contribution in [0.2, 0.25) is 0 Å². The Bertz CT molecular complexity index is 821. The molecule has 0 aromatic heterocycles. The number of benzene rings is 2. The normalized spacial score (nSPS) is 26.3. The molecule has 1 saturated heterocycles. The van der Waals surface area contributed by atoms with Crippen molar-refractivity contribution in [3.8, 4) is 0 Å². The highest BCUT2D eigenvalue weighted by molar-refractivity contribution is 5.80. The Morgan fingerprint density at radius 2 is 1.68 bits per heavy atom. The van der Waals surface area contributed by atoms with Crippen LogP contribution in [-0.4, -0.2) is 29.3 Å². The predicted molar refractivity (Wildman–Crippen MR) is 109 cm³/mol. The molecule has 4 nitrogen and oxygen atoms in total. The van der Waals surface area contributed by atoms with E-state index < -0.39 is 0 Å². The molecule has 1 saturated carbocycles. The molecule has 2 aliphatic rings. The van der Waals surface area contributed by atoms with Gasteiger partial charge in [0.15, 0.2) is 0 Å². The van der Waals surface area contributed by atoms with Gasteiger partial charge in [-0.1, -0.05) is 67.6 Å². The van der Waals surface area contributed by atoms with Gasteiger partial charge in [0.05, 0.1) is 6.42 Å². The largest absolute Gasteiger partial charge is 0.356 e. The topological polar surface area (TPSA) is 49.4 Å². The molecule has 1 N–H and O–H groups in total. The van der Waals surface area contributed by atoms with Crippen LogP contribution in [0.15, 0.2) is 60.7 Å². The second kappa shape index (κ2) is 8.17. The first-order chi connectivity index (χ1) is 13.6. The third kappa shape index (κ3) is 3.96. The van der Waals surface area contributed by atoms with E-state index in [1.54, 1.807) is 0 Å². The Kier molecular flexibility index (Phi) is 5.47. The van der Waals surface area contributed by atoms with E-state index in [0.29, 0.717) is 49.7 Å². The van der Waals surface area contributed by atoms with Gasteiger partial charge in [-0.25, -0.2) is 0 Å². The SMILES string of the molecule is C[C@H]1C[C@@H]2[C@@H](CC(=O)N2Cc2ccccc2)[C@@H]1CNC(=O)Cc1ccccc1. The lowest BCUT2D eigenvalue weighted by Gasteiger charge is -2.24. The molecule has 0 unspecified atom stereocenters. The van der Waals surface area contributed by atoms with E-state index in [0.717, 1.165) is 12.0 Å². The molecule has 4 heteroatoms. The first kappa shape index (κ1) is 18.7. The zero-order chi connectivity index (χ0) is 19.5. The Balaban J connectivity index is 1.36.